The number of ether oxygens (including phenoxy) is 2. The minimum absolute atomic E-state index is 0.591. The van der Waals surface area contributed by atoms with E-state index in [9.17, 15) is 0 Å². The van der Waals surface area contributed by atoms with E-state index < -0.39 is 0 Å². The van der Waals surface area contributed by atoms with Crippen LogP contribution in [-0.4, -0.2) is 23.2 Å². The third-order valence-electron chi connectivity index (χ3n) is 3.55. The van der Waals surface area contributed by atoms with E-state index in [2.05, 4.69) is 29.0 Å². The Morgan fingerprint density at radius 2 is 1.80 bits per heavy atom. The number of aromatic nitrogens is 2. The maximum atomic E-state index is 5.60. The topological polar surface area (TPSA) is 47.1 Å². The van der Waals surface area contributed by atoms with Gasteiger partial charge in [0.15, 0.2) is 11.5 Å². The third kappa shape index (κ3) is 1.72. The molecule has 100 valence electrons. The number of fused-ring (bicyclic) bond motifs is 2. The summed E-state index contributed by atoms with van der Waals surface area (Å²) in [6.07, 6.45) is 0. The van der Waals surface area contributed by atoms with Gasteiger partial charge in [0.2, 0.25) is 0 Å². The Balaban J connectivity index is 1.89. The molecule has 1 aliphatic rings. The minimum Gasteiger partial charge on any atom is -0.486 e. The van der Waals surface area contributed by atoms with Gasteiger partial charge in [-0.15, -0.1) is 0 Å². The molecule has 3 aromatic rings. The number of imidazole rings is 1. The zero-order valence-electron chi connectivity index (χ0n) is 11.1. The van der Waals surface area contributed by atoms with Crippen LogP contribution in [0.25, 0.3) is 22.4 Å². The van der Waals surface area contributed by atoms with Gasteiger partial charge in [-0.3, -0.25) is 0 Å². The van der Waals surface area contributed by atoms with Gasteiger partial charge in [0, 0.05) is 17.7 Å². The molecule has 0 unspecified atom stereocenters. The SMILES string of the molecule is Cc1ccccc1-c1nc2cc3c(cc2[nH]1)OCCO3. The number of aryl methyl sites for hydroxylation is 1. The van der Waals surface area contributed by atoms with Crippen molar-refractivity contribution in [2.24, 2.45) is 0 Å². The van der Waals surface area contributed by atoms with Crippen LogP contribution in [0.4, 0.5) is 0 Å². The Bertz CT molecular complexity index is 749. The number of rotatable bonds is 1. The number of hydrogen-bond acceptors (Lipinski definition) is 3. The van der Waals surface area contributed by atoms with Crippen molar-refractivity contribution in [3.8, 4) is 22.9 Å². The molecule has 1 aliphatic heterocycles. The predicted octanol–water partition coefficient (Wildman–Crippen LogP) is 3.31. The summed E-state index contributed by atoms with van der Waals surface area (Å²) in [6, 6.07) is 12.1. The van der Waals surface area contributed by atoms with Gasteiger partial charge in [-0.05, 0) is 12.5 Å². The lowest BCUT2D eigenvalue weighted by Crippen LogP contribution is -2.15. The fraction of sp³-hybridized carbons (Fsp3) is 0.188. The second-order valence-corrected chi connectivity index (χ2v) is 4.91. The van der Waals surface area contributed by atoms with E-state index in [-0.39, 0.29) is 0 Å². The average molecular weight is 266 g/mol. The zero-order valence-corrected chi connectivity index (χ0v) is 11.1. The van der Waals surface area contributed by atoms with E-state index in [1.165, 1.54) is 5.56 Å². The highest BCUT2D eigenvalue weighted by Gasteiger charge is 2.15. The summed E-state index contributed by atoms with van der Waals surface area (Å²) in [5, 5.41) is 0. The van der Waals surface area contributed by atoms with E-state index in [1.54, 1.807) is 0 Å². The van der Waals surface area contributed by atoms with Crippen molar-refractivity contribution < 1.29 is 9.47 Å². The first-order valence-corrected chi connectivity index (χ1v) is 6.66. The van der Waals surface area contributed by atoms with Gasteiger partial charge in [-0.1, -0.05) is 24.3 Å². The lowest BCUT2D eigenvalue weighted by atomic mass is 10.1. The van der Waals surface area contributed by atoms with Crippen molar-refractivity contribution in [1.82, 2.24) is 9.97 Å². The van der Waals surface area contributed by atoms with E-state index in [0.29, 0.717) is 13.2 Å². The molecule has 1 aromatic heterocycles. The van der Waals surface area contributed by atoms with Crippen LogP contribution in [0.5, 0.6) is 11.5 Å². The Kier molecular flexibility index (Phi) is 2.42. The van der Waals surface area contributed by atoms with Gasteiger partial charge in [0.25, 0.3) is 0 Å². The molecule has 20 heavy (non-hydrogen) atoms. The highest BCUT2D eigenvalue weighted by Crippen LogP contribution is 2.35. The standard InChI is InChI=1S/C16H14N2O2/c1-10-4-2-3-5-11(10)16-17-12-8-14-15(9-13(12)18-16)20-7-6-19-14/h2-5,8-9H,6-7H2,1H3,(H,17,18). The monoisotopic (exact) mass is 266 g/mol. The minimum atomic E-state index is 0.591. The number of hydrogen-bond donors (Lipinski definition) is 1. The highest BCUT2D eigenvalue weighted by molar-refractivity contribution is 5.83. The molecule has 0 spiro atoms. The second-order valence-electron chi connectivity index (χ2n) is 4.91. The van der Waals surface area contributed by atoms with Gasteiger partial charge in [0.05, 0.1) is 11.0 Å². The molecule has 0 radical (unpaired) electrons. The van der Waals surface area contributed by atoms with Crippen molar-refractivity contribution in [3.05, 3.63) is 42.0 Å². The maximum Gasteiger partial charge on any atom is 0.163 e. The van der Waals surface area contributed by atoms with Crippen LogP contribution in [0.2, 0.25) is 0 Å². The first kappa shape index (κ1) is 11.3. The van der Waals surface area contributed by atoms with Crippen molar-refractivity contribution in [2.75, 3.05) is 13.2 Å². The summed E-state index contributed by atoms with van der Waals surface area (Å²) in [5.41, 5.74) is 4.17. The van der Waals surface area contributed by atoms with Crippen LogP contribution in [0.15, 0.2) is 36.4 Å². The Hall–Kier alpha value is -2.49. The van der Waals surface area contributed by atoms with E-state index >= 15 is 0 Å². The average Bonchev–Trinajstić information content (AvgIpc) is 2.87. The summed E-state index contributed by atoms with van der Waals surface area (Å²) in [5.74, 6) is 2.43. The quantitative estimate of drug-likeness (QED) is 0.735. The molecule has 0 amide bonds. The smallest absolute Gasteiger partial charge is 0.163 e. The van der Waals surface area contributed by atoms with Crippen LogP contribution in [-0.2, 0) is 0 Å². The van der Waals surface area contributed by atoms with Crippen molar-refractivity contribution in [3.63, 3.8) is 0 Å². The lowest BCUT2D eigenvalue weighted by Gasteiger charge is -2.17. The van der Waals surface area contributed by atoms with Gasteiger partial charge >= 0.3 is 0 Å². The first-order valence-electron chi connectivity index (χ1n) is 6.66. The van der Waals surface area contributed by atoms with Crippen LogP contribution >= 0.6 is 0 Å². The molecule has 0 saturated carbocycles. The molecular weight excluding hydrogens is 252 g/mol. The Morgan fingerprint density at radius 3 is 2.60 bits per heavy atom. The Labute approximate surface area is 116 Å². The molecule has 0 bridgehead atoms. The Morgan fingerprint density at radius 1 is 1.05 bits per heavy atom. The normalized spacial score (nSPS) is 13.7. The summed E-state index contributed by atoms with van der Waals surface area (Å²) in [4.78, 5) is 8.02. The van der Waals surface area contributed by atoms with E-state index in [0.717, 1.165) is 33.9 Å². The van der Waals surface area contributed by atoms with Crippen LogP contribution in [0, 0.1) is 6.92 Å². The second kappa shape index (κ2) is 4.27. The predicted molar refractivity (Wildman–Crippen MR) is 77.3 cm³/mol. The molecule has 4 rings (SSSR count). The van der Waals surface area contributed by atoms with Gasteiger partial charge in [-0.2, -0.15) is 0 Å². The number of H-pyrrole nitrogens is 1. The number of aromatic amines is 1. The third-order valence-corrected chi connectivity index (χ3v) is 3.55. The number of nitrogens with one attached hydrogen (secondary N) is 1. The van der Waals surface area contributed by atoms with Crippen molar-refractivity contribution in [2.45, 2.75) is 6.92 Å². The van der Waals surface area contributed by atoms with Gasteiger partial charge in [-0.25, -0.2) is 4.98 Å². The lowest BCUT2D eigenvalue weighted by molar-refractivity contribution is 0.172. The van der Waals surface area contributed by atoms with Crippen LogP contribution in [0.1, 0.15) is 5.56 Å². The fourth-order valence-corrected chi connectivity index (χ4v) is 2.51. The molecule has 0 aliphatic carbocycles. The van der Waals surface area contributed by atoms with Crippen LogP contribution in [0.3, 0.4) is 0 Å². The molecule has 0 atom stereocenters. The molecule has 1 N–H and O–H groups in total. The molecule has 2 heterocycles. The van der Waals surface area contributed by atoms with Gasteiger partial charge in [0.1, 0.15) is 19.0 Å². The molecule has 0 fully saturated rings. The summed E-state index contributed by atoms with van der Waals surface area (Å²) < 4.78 is 11.2. The summed E-state index contributed by atoms with van der Waals surface area (Å²) in [6.45, 7) is 3.27. The molecule has 4 heteroatoms. The van der Waals surface area contributed by atoms with E-state index in [1.807, 2.05) is 24.3 Å². The number of benzene rings is 2. The largest absolute Gasteiger partial charge is 0.486 e. The molecular formula is C16H14N2O2. The summed E-state index contributed by atoms with van der Waals surface area (Å²) in [7, 11) is 0. The highest BCUT2D eigenvalue weighted by atomic mass is 16.6. The number of nitrogens with zero attached hydrogens (tertiary/aromatic N) is 1. The van der Waals surface area contributed by atoms with Crippen LogP contribution < -0.4 is 9.47 Å². The molecule has 4 nitrogen and oxygen atoms in total. The fourth-order valence-electron chi connectivity index (χ4n) is 2.51. The van der Waals surface area contributed by atoms with Crippen molar-refractivity contribution in [1.29, 1.82) is 0 Å². The van der Waals surface area contributed by atoms with E-state index in [4.69, 9.17) is 9.47 Å². The molecule has 2 aromatic carbocycles. The van der Waals surface area contributed by atoms with Gasteiger partial charge < -0.3 is 14.5 Å². The first-order chi connectivity index (χ1) is 9.81. The zero-order chi connectivity index (χ0) is 13.5. The maximum absolute atomic E-state index is 5.60. The summed E-state index contributed by atoms with van der Waals surface area (Å²) >= 11 is 0. The van der Waals surface area contributed by atoms with Crippen molar-refractivity contribution >= 4 is 11.0 Å². The molecule has 0 saturated heterocycles.